The van der Waals surface area contributed by atoms with E-state index in [0.29, 0.717) is 23.4 Å². The lowest BCUT2D eigenvalue weighted by Gasteiger charge is -2.14. The number of aliphatic carboxylic acids is 1. The van der Waals surface area contributed by atoms with Crippen molar-refractivity contribution in [2.45, 2.75) is 30.8 Å². The van der Waals surface area contributed by atoms with Gasteiger partial charge in [-0.15, -0.1) is 11.8 Å². The summed E-state index contributed by atoms with van der Waals surface area (Å²) >= 11 is 1.35. The first-order valence-corrected chi connectivity index (χ1v) is 6.85. The molecule has 0 fully saturated rings. The van der Waals surface area contributed by atoms with Crippen molar-refractivity contribution in [3.63, 3.8) is 0 Å². The van der Waals surface area contributed by atoms with Crippen LogP contribution in [-0.4, -0.2) is 34.3 Å². The molecule has 1 aromatic heterocycles. The Labute approximate surface area is 110 Å². The van der Waals surface area contributed by atoms with Crippen molar-refractivity contribution in [2.75, 3.05) is 6.26 Å². The average Bonchev–Trinajstić information content (AvgIpc) is 2.37. The Kier molecular flexibility index (Phi) is 5.64. The molecule has 1 atom stereocenters. The van der Waals surface area contributed by atoms with E-state index in [0.717, 1.165) is 0 Å². The van der Waals surface area contributed by atoms with Crippen LogP contribution in [0.2, 0.25) is 0 Å². The zero-order chi connectivity index (χ0) is 13.5. The Morgan fingerprint density at radius 1 is 1.56 bits per heavy atom. The highest BCUT2D eigenvalue weighted by molar-refractivity contribution is 7.98. The fourth-order valence-electron chi connectivity index (χ4n) is 1.51. The molecule has 0 bridgehead atoms. The van der Waals surface area contributed by atoms with Gasteiger partial charge in [0, 0.05) is 6.20 Å². The summed E-state index contributed by atoms with van der Waals surface area (Å²) in [7, 11) is 0. The molecule has 0 saturated carbocycles. The zero-order valence-corrected chi connectivity index (χ0v) is 11.2. The van der Waals surface area contributed by atoms with Crippen LogP contribution in [0.1, 0.15) is 30.1 Å². The van der Waals surface area contributed by atoms with E-state index in [1.807, 2.05) is 13.2 Å². The van der Waals surface area contributed by atoms with E-state index < -0.39 is 17.9 Å². The fraction of sp³-hybridized carbons (Fsp3) is 0.417. The predicted molar refractivity (Wildman–Crippen MR) is 69.8 cm³/mol. The summed E-state index contributed by atoms with van der Waals surface area (Å²) in [6, 6.07) is 2.45. The zero-order valence-electron chi connectivity index (χ0n) is 10.3. The molecule has 1 heterocycles. The number of hydrogen-bond donors (Lipinski definition) is 2. The molecule has 1 amide bonds. The van der Waals surface area contributed by atoms with Gasteiger partial charge in [-0.05, 0) is 24.8 Å². The minimum atomic E-state index is -1.01. The van der Waals surface area contributed by atoms with Crippen molar-refractivity contribution in [1.82, 2.24) is 10.3 Å². The van der Waals surface area contributed by atoms with Gasteiger partial charge in [-0.3, -0.25) is 4.79 Å². The quantitative estimate of drug-likeness (QED) is 0.769. The number of carbonyl (C=O) groups is 2. The number of carbonyl (C=O) groups excluding carboxylic acids is 1. The smallest absolute Gasteiger partial charge is 0.326 e. The topological polar surface area (TPSA) is 79.3 Å². The molecule has 98 valence electrons. The third-order valence-electron chi connectivity index (χ3n) is 2.39. The lowest BCUT2D eigenvalue weighted by atomic mass is 10.1. The van der Waals surface area contributed by atoms with E-state index in [4.69, 9.17) is 5.11 Å². The van der Waals surface area contributed by atoms with Crippen LogP contribution in [-0.2, 0) is 4.79 Å². The predicted octanol–water partition coefficient (Wildman–Crippen LogP) is 1.79. The number of pyridine rings is 1. The van der Waals surface area contributed by atoms with E-state index >= 15 is 0 Å². The molecule has 0 saturated heterocycles. The summed E-state index contributed by atoms with van der Waals surface area (Å²) in [5.41, 5.74) is 0.410. The molecule has 0 unspecified atom stereocenters. The number of carboxylic acid groups (broad SMARTS) is 1. The van der Waals surface area contributed by atoms with E-state index in [2.05, 4.69) is 10.3 Å². The van der Waals surface area contributed by atoms with Crippen LogP contribution in [0, 0.1) is 0 Å². The molecule has 1 aromatic rings. The van der Waals surface area contributed by atoms with Gasteiger partial charge >= 0.3 is 5.97 Å². The number of aromatic nitrogens is 1. The van der Waals surface area contributed by atoms with Gasteiger partial charge in [-0.25, -0.2) is 9.78 Å². The first-order valence-electron chi connectivity index (χ1n) is 5.62. The van der Waals surface area contributed by atoms with Crippen LogP contribution in [0.4, 0.5) is 0 Å². The van der Waals surface area contributed by atoms with Crippen molar-refractivity contribution in [2.24, 2.45) is 0 Å². The molecule has 2 N–H and O–H groups in total. The van der Waals surface area contributed by atoms with Crippen LogP contribution in [0.5, 0.6) is 0 Å². The molecular formula is C12H16N2O3S. The second-order valence-corrected chi connectivity index (χ2v) is 4.51. The molecule has 0 aliphatic carbocycles. The van der Waals surface area contributed by atoms with Crippen LogP contribution < -0.4 is 5.32 Å². The molecule has 0 aliphatic rings. The Balaban J connectivity index is 2.83. The van der Waals surface area contributed by atoms with Crippen molar-refractivity contribution in [1.29, 1.82) is 0 Å². The van der Waals surface area contributed by atoms with E-state index in [1.165, 1.54) is 11.8 Å². The van der Waals surface area contributed by atoms with Gasteiger partial charge < -0.3 is 10.4 Å². The van der Waals surface area contributed by atoms with Gasteiger partial charge in [-0.2, -0.15) is 0 Å². The molecule has 5 nitrogen and oxygen atoms in total. The minimum Gasteiger partial charge on any atom is -0.480 e. The maximum atomic E-state index is 12.0. The molecule has 18 heavy (non-hydrogen) atoms. The third kappa shape index (κ3) is 3.73. The molecular weight excluding hydrogens is 252 g/mol. The molecule has 0 radical (unpaired) electrons. The van der Waals surface area contributed by atoms with Gasteiger partial charge in [0.2, 0.25) is 0 Å². The van der Waals surface area contributed by atoms with Gasteiger partial charge in [0.25, 0.3) is 5.91 Å². The van der Waals surface area contributed by atoms with E-state index in [-0.39, 0.29) is 0 Å². The van der Waals surface area contributed by atoms with E-state index in [9.17, 15) is 9.59 Å². The lowest BCUT2D eigenvalue weighted by molar-refractivity contribution is -0.139. The maximum absolute atomic E-state index is 12.0. The van der Waals surface area contributed by atoms with Gasteiger partial charge in [0.15, 0.2) is 0 Å². The fourth-order valence-corrected chi connectivity index (χ4v) is 2.06. The van der Waals surface area contributed by atoms with Crippen molar-refractivity contribution < 1.29 is 14.7 Å². The third-order valence-corrected chi connectivity index (χ3v) is 3.10. The van der Waals surface area contributed by atoms with Gasteiger partial charge in [0.1, 0.15) is 11.1 Å². The second-order valence-electron chi connectivity index (χ2n) is 3.71. The lowest BCUT2D eigenvalue weighted by Crippen LogP contribution is -2.40. The Bertz CT molecular complexity index is 437. The number of thioether (sulfide) groups is 1. The molecule has 0 spiro atoms. The SMILES string of the molecule is CCC[C@H](NC(=O)c1cccnc1SC)C(=O)O. The second kappa shape index (κ2) is 7.00. The van der Waals surface area contributed by atoms with Crippen molar-refractivity contribution >= 4 is 23.6 Å². The summed E-state index contributed by atoms with van der Waals surface area (Å²) in [6.45, 7) is 1.87. The van der Waals surface area contributed by atoms with Crippen LogP contribution in [0.3, 0.4) is 0 Å². The summed E-state index contributed by atoms with van der Waals surface area (Å²) < 4.78 is 0. The Hall–Kier alpha value is -1.56. The number of carboxylic acids is 1. The first kappa shape index (κ1) is 14.5. The Morgan fingerprint density at radius 2 is 2.28 bits per heavy atom. The normalized spacial score (nSPS) is 11.9. The number of nitrogens with zero attached hydrogens (tertiary/aromatic N) is 1. The summed E-state index contributed by atoms with van der Waals surface area (Å²) in [5.74, 6) is -1.41. The molecule has 0 aliphatic heterocycles. The highest BCUT2D eigenvalue weighted by atomic mass is 32.2. The summed E-state index contributed by atoms with van der Waals surface area (Å²) in [6.07, 6.45) is 4.53. The monoisotopic (exact) mass is 268 g/mol. The highest BCUT2D eigenvalue weighted by Gasteiger charge is 2.21. The molecule has 6 heteroatoms. The largest absolute Gasteiger partial charge is 0.480 e. The number of hydrogen-bond acceptors (Lipinski definition) is 4. The standard InChI is InChI=1S/C12H16N2O3S/c1-3-5-9(12(16)17)14-10(15)8-6-4-7-13-11(8)18-2/h4,6-7,9H,3,5H2,1-2H3,(H,14,15)(H,16,17)/t9-/m0/s1. The molecule has 1 rings (SSSR count). The van der Waals surface area contributed by atoms with Crippen LogP contribution >= 0.6 is 11.8 Å². The van der Waals surface area contributed by atoms with E-state index in [1.54, 1.807) is 18.3 Å². The van der Waals surface area contributed by atoms with Crippen LogP contribution in [0.25, 0.3) is 0 Å². The van der Waals surface area contributed by atoms with Gasteiger partial charge in [-0.1, -0.05) is 13.3 Å². The Morgan fingerprint density at radius 3 is 2.83 bits per heavy atom. The van der Waals surface area contributed by atoms with Crippen molar-refractivity contribution in [3.05, 3.63) is 23.9 Å². The average molecular weight is 268 g/mol. The highest BCUT2D eigenvalue weighted by Crippen LogP contribution is 2.16. The number of rotatable bonds is 6. The molecule has 0 aromatic carbocycles. The summed E-state index contributed by atoms with van der Waals surface area (Å²) in [5, 5.41) is 12.1. The van der Waals surface area contributed by atoms with Gasteiger partial charge in [0.05, 0.1) is 5.56 Å². The minimum absolute atomic E-state index is 0.395. The maximum Gasteiger partial charge on any atom is 0.326 e. The summed E-state index contributed by atoms with van der Waals surface area (Å²) in [4.78, 5) is 27.0. The number of amides is 1. The van der Waals surface area contributed by atoms with Crippen LogP contribution in [0.15, 0.2) is 23.4 Å². The first-order chi connectivity index (χ1) is 8.60. The number of nitrogens with one attached hydrogen (secondary N) is 1. The van der Waals surface area contributed by atoms with Crippen molar-refractivity contribution in [3.8, 4) is 0 Å².